The average molecular weight is 230 g/mol. The molecule has 3 heteroatoms. The number of rotatable bonds is 1. The van der Waals surface area contributed by atoms with Crippen molar-refractivity contribution in [2.24, 2.45) is 0 Å². The smallest absolute Gasteiger partial charge is 0.180 e. The molecule has 0 amide bonds. The molecule has 2 nitrogen and oxygen atoms in total. The van der Waals surface area contributed by atoms with Gasteiger partial charge in [0.2, 0.25) is 0 Å². The van der Waals surface area contributed by atoms with Gasteiger partial charge in [-0.15, -0.1) is 0 Å². The van der Waals surface area contributed by atoms with Crippen LogP contribution in [0, 0.1) is 0 Å². The standard InChI is InChI=1S/C13H14N2S/c14-13-15-8-12(16-13)11-6-5-9-3-1-2-4-10(9)7-11/h5-8H,1-4H2,(H2,14,15). The number of hydrogen-bond donors (Lipinski definition) is 1. The van der Waals surface area contributed by atoms with E-state index in [0.29, 0.717) is 5.13 Å². The van der Waals surface area contributed by atoms with Gasteiger partial charge in [0.05, 0.1) is 4.88 Å². The number of fused-ring (bicyclic) bond motifs is 1. The van der Waals surface area contributed by atoms with Gasteiger partial charge < -0.3 is 5.73 Å². The van der Waals surface area contributed by atoms with E-state index < -0.39 is 0 Å². The zero-order valence-electron chi connectivity index (χ0n) is 9.07. The van der Waals surface area contributed by atoms with Crippen LogP contribution in [0.3, 0.4) is 0 Å². The van der Waals surface area contributed by atoms with Gasteiger partial charge in [-0.05, 0) is 42.4 Å². The topological polar surface area (TPSA) is 38.9 Å². The van der Waals surface area contributed by atoms with Crippen LogP contribution < -0.4 is 5.73 Å². The van der Waals surface area contributed by atoms with Crippen LogP contribution in [-0.2, 0) is 12.8 Å². The Morgan fingerprint density at radius 1 is 1.12 bits per heavy atom. The predicted octanol–water partition coefficient (Wildman–Crippen LogP) is 3.27. The molecular formula is C13H14N2S. The molecule has 1 aliphatic carbocycles. The quantitative estimate of drug-likeness (QED) is 0.816. The van der Waals surface area contributed by atoms with Crippen molar-refractivity contribution in [1.82, 2.24) is 4.98 Å². The first-order valence-corrected chi connectivity index (χ1v) is 6.48. The lowest BCUT2D eigenvalue weighted by Gasteiger charge is -2.16. The summed E-state index contributed by atoms with van der Waals surface area (Å²) in [6.07, 6.45) is 6.98. The summed E-state index contributed by atoms with van der Waals surface area (Å²) in [5, 5.41) is 0.646. The number of nitrogen functional groups attached to an aromatic ring is 1. The van der Waals surface area contributed by atoms with Crippen molar-refractivity contribution >= 4 is 16.5 Å². The maximum absolute atomic E-state index is 5.66. The molecule has 0 atom stereocenters. The largest absolute Gasteiger partial charge is 0.375 e. The minimum Gasteiger partial charge on any atom is -0.375 e. The highest BCUT2D eigenvalue weighted by molar-refractivity contribution is 7.18. The first kappa shape index (κ1) is 9.85. The van der Waals surface area contributed by atoms with Gasteiger partial charge in [-0.1, -0.05) is 29.5 Å². The summed E-state index contributed by atoms with van der Waals surface area (Å²) in [4.78, 5) is 5.27. The molecule has 1 heterocycles. The Morgan fingerprint density at radius 3 is 2.69 bits per heavy atom. The summed E-state index contributed by atoms with van der Waals surface area (Å²) in [5.41, 5.74) is 9.95. The van der Waals surface area contributed by atoms with Gasteiger partial charge in [0.15, 0.2) is 5.13 Å². The molecule has 0 spiro atoms. The highest BCUT2D eigenvalue weighted by Crippen LogP contribution is 2.31. The third kappa shape index (κ3) is 1.71. The zero-order valence-corrected chi connectivity index (χ0v) is 9.89. The highest BCUT2D eigenvalue weighted by atomic mass is 32.1. The first-order chi connectivity index (χ1) is 7.83. The van der Waals surface area contributed by atoms with Crippen LogP contribution in [0.15, 0.2) is 24.4 Å². The summed E-state index contributed by atoms with van der Waals surface area (Å²) >= 11 is 1.56. The van der Waals surface area contributed by atoms with E-state index in [1.165, 1.54) is 47.3 Å². The van der Waals surface area contributed by atoms with Crippen LogP contribution in [0.4, 0.5) is 5.13 Å². The number of aryl methyl sites for hydroxylation is 2. The number of anilines is 1. The maximum atomic E-state index is 5.66. The molecule has 0 radical (unpaired) electrons. The van der Waals surface area contributed by atoms with Gasteiger partial charge in [-0.3, -0.25) is 0 Å². The second kappa shape index (κ2) is 3.91. The molecular weight excluding hydrogens is 216 g/mol. The Labute approximate surface area is 99.1 Å². The van der Waals surface area contributed by atoms with Crippen LogP contribution >= 0.6 is 11.3 Å². The van der Waals surface area contributed by atoms with Gasteiger partial charge in [0.25, 0.3) is 0 Å². The molecule has 1 aliphatic rings. The van der Waals surface area contributed by atoms with Crippen molar-refractivity contribution in [3.8, 4) is 10.4 Å². The van der Waals surface area contributed by atoms with Gasteiger partial charge in [-0.25, -0.2) is 4.98 Å². The number of aromatic nitrogens is 1. The van der Waals surface area contributed by atoms with E-state index in [4.69, 9.17) is 5.73 Å². The van der Waals surface area contributed by atoms with E-state index in [0.717, 1.165) is 0 Å². The molecule has 0 aliphatic heterocycles. The summed E-state index contributed by atoms with van der Waals surface area (Å²) in [7, 11) is 0. The number of hydrogen-bond acceptors (Lipinski definition) is 3. The predicted molar refractivity (Wildman–Crippen MR) is 68.6 cm³/mol. The molecule has 82 valence electrons. The van der Waals surface area contributed by atoms with E-state index in [9.17, 15) is 0 Å². The van der Waals surface area contributed by atoms with Gasteiger partial charge in [-0.2, -0.15) is 0 Å². The van der Waals surface area contributed by atoms with Gasteiger partial charge in [0.1, 0.15) is 0 Å². The van der Waals surface area contributed by atoms with Crippen molar-refractivity contribution in [2.75, 3.05) is 5.73 Å². The molecule has 0 bridgehead atoms. The molecule has 2 N–H and O–H groups in total. The Hall–Kier alpha value is -1.35. The van der Waals surface area contributed by atoms with Crippen LogP contribution in [0.1, 0.15) is 24.0 Å². The molecule has 2 aromatic rings. The Morgan fingerprint density at radius 2 is 1.94 bits per heavy atom. The molecule has 3 rings (SSSR count). The van der Waals surface area contributed by atoms with E-state index in [2.05, 4.69) is 23.2 Å². The summed E-state index contributed by atoms with van der Waals surface area (Å²) in [5.74, 6) is 0. The minimum atomic E-state index is 0.646. The second-order valence-corrected chi connectivity index (χ2v) is 5.32. The molecule has 16 heavy (non-hydrogen) atoms. The van der Waals surface area contributed by atoms with Crippen LogP contribution in [0.2, 0.25) is 0 Å². The van der Waals surface area contributed by atoms with E-state index in [1.54, 1.807) is 11.3 Å². The van der Waals surface area contributed by atoms with Crippen molar-refractivity contribution < 1.29 is 0 Å². The van der Waals surface area contributed by atoms with Gasteiger partial charge in [0, 0.05) is 6.20 Å². The minimum absolute atomic E-state index is 0.646. The molecule has 1 aromatic heterocycles. The average Bonchev–Trinajstić information content (AvgIpc) is 2.75. The van der Waals surface area contributed by atoms with Crippen LogP contribution in [0.25, 0.3) is 10.4 Å². The van der Waals surface area contributed by atoms with E-state index in [1.807, 2.05) is 6.20 Å². The Kier molecular flexibility index (Phi) is 2.40. The molecule has 0 fully saturated rings. The summed E-state index contributed by atoms with van der Waals surface area (Å²) in [6, 6.07) is 6.76. The van der Waals surface area contributed by atoms with Crippen molar-refractivity contribution in [2.45, 2.75) is 25.7 Å². The normalized spacial score (nSPS) is 14.8. The van der Waals surface area contributed by atoms with Crippen LogP contribution in [-0.4, -0.2) is 4.98 Å². The first-order valence-electron chi connectivity index (χ1n) is 5.66. The second-order valence-electron chi connectivity index (χ2n) is 4.25. The van der Waals surface area contributed by atoms with Crippen molar-refractivity contribution in [3.05, 3.63) is 35.5 Å². The summed E-state index contributed by atoms with van der Waals surface area (Å²) < 4.78 is 0. The number of nitrogens with two attached hydrogens (primary N) is 1. The van der Waals surface area contributed by atoms with E-state index in [-0.39, 0.29) is 0 Å². The summed E-state index contributed by atoms with van der Waals surface area (Å²) in [6.45, 7) is 0. The molecule has 0 unspecified atom stereocenters. The lowest BCUT2D eigenvalue weighted by atomic mass is 9.90. The maximum Gasteiger partial charge on any atom is 0.180 e. The van der Waals surface area contributed by atoms with E-state index >= 15 is 0 Å². The molecule has 0 saturated carbocycles. The van der Waals surface area contributed by atoms with Crippen LogP contribution in [0.5, 0.6) is 0 Å². The lowest BCUT2D eigenvalue weighted by Crippen LogP contribution is -2.01. The molecule has 0 saturated heterocycles. The molecule has 1 aromatic carbocycles. The number of benzene rings is 1. The SMILES string of the molecule is Nc1ncc(-c2ccc3c(c2)CCCC3)s1. The van der Waals surface area contributed by atoms with Gasteiger partial charge >= 0.3 is 0 Å². The highest BCUT2D eigenvalue weighted by Gasteiger charge is 2.11. The fraction of sp³-hybridized carbons (Fsp3) is 0.308. The third-order valence-corrected chi connectivity index (χ3v) is 4.03. The fourth-order valence-corrected chi connectivity index (χ4v) is 2.99. The van der Waals surface area contributed by atoms with Crippen molar-refractivity contribution in [3.63, 3.8) is 0 Å². The van der Waals surface area contributed by atoms with Crippen molar-refractivity contribution in [1.29, 1.82) is 0 Å². The third-order valence-electron chi connectivity index (χ3n) is 3.16. The fourth-order valence-electron chi connectivity index (χ4n) is 2.31. The Bertz CT molecular complexity index is 516. The number of nitrogens with zero attached hydrogens (tertiary/aromatic N) is 1. The monoisotopic (exact) mass is 230 g/mol. The zero-order chi connectivity index (χ0) is 11.0. The number of thiazole rings is 1. The lowest BCUT2D eigenvalue weighted by molar-refractivity contribution is 0.686. The Balaban J connectivity index is 2.02.